The Bertz CT molecular complexity index is 310. The molecule has 68 valence electrons. The largest absolute Gasteiger partial charge is 1.00 e. The molecule has 0 saturated carbocycles. The van der Waals surface area contributed by atoms with Gasteiger partial charge in [0.25, 0.3) is 0 Å². The van der Waals surface area contributed by atoms with Crippen LogP contribution in [-0.4, -0.2) is 11.9 Å². The minimum absolute atomic E-state index is 0. The smallest absolute Gasteiger partial charge is 0.539 e. The number of esters is 1. The van der Waals surface area contributed by atoms with E-state index in [1.165, 1.54) is 0 Å². The summed E-state index contributed by atoms with van der Waals surface area (Å²) >= 11 is 0. The van der Waals surface area contributed by atoms with E-state index >= 15 is 0 Å². The summed E-state index contributed by atoms with van der Waals surface area (Å²) in [5.74, 6) is -3.17. The zero-order chi connectivity index (χ0) is 9.68. The van der Waals surface area contributed by atoms with Gasteiger partial charge in [-0.2, -0.15) is 0 Å². The number of carboxylic acids is 1. The van der Waals surface area contributed by atoms with E-state index in [2.05, 4.69) is 4.74 Å². The van der Waals surface area contributed by atoms with Gasteiger partial charge >= 0.3 is 35.5 Å². The number of carbonyl (C=O) groups excluding carboxylic acids is 2. The third kappa shape index (κ3) is 4.41. The van der Waals surface area contributed by atoms with Gasteiger partial charge in [-0.3, -0.25) is 0 Å². The van der Waals surface area contributed by atoms with Crippen molar-refractivity contribution in [3.8, 4) is 0 Å². The van der Waals surface area contributed by atoms with Crippen molar-refractivity contribution < 1.29 is 49.0 Å². The maximum absolute atomic E-state index is 10.4. The van der Waals surface area contributed by atoms with Gasteiger partial charge in [-0.15, -0.1) is 0 Å². The molecule has 5 heteroatoms. The van der Waals surface area contributed by atoms with E-state index in [9.17, 15) is 14.7 Å². The summed E-state index contributed by atoms with van der Waals surface area (Å²) in [4.78, 5) is 20.4. The summed E-state index contributed by atoms with van der Waals surface area (Å²) in [6.07, 6.45) is 0. The van der Waals surface area contributed by atoms with Gasteiger partial charge in [0.1, 0.15) is 6.61 Å². The first-order valence-electron chi connectivity index (χ1n) is 3.62. The van der Waals surface area contributed by atoms with Crippen molar-refractivity contribution in [1.82, 2.24) is 0 Å². The molecule has 0 aliphatic heterocycles. The normalized spacial score (nSPS) is 8.57. The van der Waals surface area contributed by atoms with E-state index in [0.29, 0.717) is 0 Å². The van der Waals surface area contributed by atoms with Gasteiger partial charge in [-0.05, 0) is 5.56 Å². The van der Waals surface area contributed by atoms with Crippen LogP contribution in [0.5, 0.6) is 0 Å². The Hall–Kier alpha value is -0.840. The predicted octanol–water partition coefficient (Wildman–Crippen LogP) is -3.52. The molecule has 0 N–H and O–H groups in total. The molecule has 0 atom stereocenters. The molecule has 0 radical (unpaired) electrons. The van der Waals surface area contributed by atoms with Crippen LogP contribution in [0.15, 0.2) is 30.3 Å². The fraction of sp³-hybridized carbons (Fsp3) is 0.111. The molecule has 0 aliphatic rings. The molecule has 1 rings (SSSR count). The van der Waals surface area contributed by atoms with Crippen molar-refractivity contribution in [2.75, 3.05) is 0 Å². The molecule has 0 spiro atoms. The second-order valence-corrected chi connectivity index (χ2v) is 2.35. The molecule has 0 saturated heterocycles. The van der Waals surface area contributed by atoms with Crippen LogP contribution in [0, 0.1) is 0 Å². The molecule has 0 aromatic heterocycles. The summed E-state index contributed by atoms with van der Waals surface area (Å²) in [5, 5.41) is 9.93. The van der Waals surface area contributed by atoms with Crippen molar-refractivity contribution in [1.29, 1.82) is 0 Å². The summed E-state index contributed by atoms with van der Waals surface area (Å²) in [5.41, 5.74) is 0.733. The first-order chi connectivity index (χ1) is 6.20. The number of hydrogen-bond acceptors (Lipinski definition) is 4. The molecular formula is C9H7NaO4. The van der Waals surface area contributed by atoms with Crippen LogP contribution in [0.4, 0.5) is 0 Å². The Labute approximate surface area is 103 Å². The monoisotopic (exact) mass is 202 g/mol. The summed E-state index contributed by atoms with van der Waals surface area (Å²) in [7, 11) is 0. The molecular weight excluding hydrogens is 195 g/mol. The van der Waals surface area contributed by atoms with Gasteiger partial charge in [-0.1, -0.05) is 30.3 Å². The maximum Gasteiger partial charge on any atom is 1.00 e. The quantitative estimate of drug-likeness (QED) is 0.283. The van der Waals surface area contributed by atoms with Crippen molar-refractivity contribution in [3.05, 3.63) is 35.9 Å². The van der Waals surface area contributed by atoms with Gasteiger partial charge < -0.3 is 14.6 Å². The van der Waals surface area contributed by atoms with Crippen LogP contribution >= 0.6 is 0 Å². The molecule has 0 unspecified atom stereocenters. The van der Waals surface area contributed by atoms with E-state index in [1.807, 2.05) is 6.07 Å². The average molecular weight is 202 g/mol. The topological polar surface area (TPSA) is 66.4 Å². The van der Waals surface area contributed by atoms with Crippen molar-refractivity contribution in [3.63, 3.8) is 0 Å². The standard InChI is InChI=1S/C9H8O4.Na/c10-8(11)9(12)13-6-7-4-2-1-3-5-7;/h1-5H,6H2,(H,10,11);/q;+1/p-1. The zero-order valence-corrected chi connectivity index (χ0v) is 9.73. The number of carboxylic acid groups (broad SMARTS) is 1. The van der Waals surface area contributed by atoms with Gasteiger partial charge in [0.2, 0.25) is 0 Å². The van der Waals surface area contributed by atoms with E-state index in [-0.39, 0.29) is 36.2 Å². The van der Waals surface area contributed by atoms with Gasteiger partial charge in [0.15, 0.2) is 5.97 Å². The van der Waals surface area contributed by atoms with E-state index in [0.717, 1.165) is 5.56 Å². The molecule has 4 nitrogen and oxygen atoms in total. The second kappa shape index (κ2) is 6.59. The van der Waals surface area contributed by atoms with E-state index in [4.69, 9.17) is 0 Å². The summed E-state index contributed by atoms with van der Waals surface area (Å²) in [6, 6.07) is 8.79. The Morgan fingerprint density at radius 3 is 2.29 bits per heavy atom. The van der Waals surface area contributed by atoms with Crippen molar-refractivity contribution in [2.24, 2.45) is 0 Å². The van der Waals surface area contributed by atoms with E-state index < -0.39 is 11.9 Å². The number of carbonyl (C=O) groups is 2. The first kappa shape index (κ1) is 13.2. The Morgan fingerprint density at radius 1 is 1.21 bits per heavy atom. The average Bonchev–Trinajstić information content (AvgIpc) is 2.15. The summed E-state index contributed by atoms with van der Waals surface area (Å²) < 4.78 is 4.39. The number of aliphatic carboxylic acids is 1. The fourth-order valence-electron chi connectivity index (χ4n) is 0.782. The molecule has 0 amide bonds. The molecule has 0 heterocycles. The Morgan fingerprint density at radius 2 is 1.79 bits per heavy atom. The zero-order valence-electron chi connectivity index (χ0n) is 7.73. The number of hydrogen-bond donors (Lipinski definition) is 0. The number of rotatable bonds is 2. The second-order valence-electron chi connectivity index (χ2n) is 2.35. The summed E-state index contributed by atoms with van der Waals surface area (Å²) in [6.45, 7) is -0.0480. The van der Waals surface area contributed by atoms with Crippen LogP contribution in [-0.2, 0) is 20.9 Å². The van der Waals surface area contributed by atoms with Gasteiger partial charge in [0, 0.05) is 0 Å². The van der Waals surface area contributed by atoms with Gasteiger partial charge in [-0.25, -0.2) is 4.79 Å². The minimum Gasteiger partial charge on any atom is -0.539 e. The third-order valence-electron chi connectivity index (χ3n) is 1.38. The number of benzene rings is 1. The minimum atomic E-state index is -1.82. The van der Waals surface area contributed by atoms with Crippen LogP contribution < -0.4 is 34.7 Å². The third-order valence-corrected chi connectivity index (χ3v) is 1.38. The Kier molecular flexibility index (Phi) is 6.19. The van der Waals surface area contributed by atoms with Crippen LogP contribution in [0.2, 0.25) is 0 Å². The molecule has 1 aromatic carbocycles. The SMILES string of the molecule is O=C([O-])C(=O)OCc1ccccc1.[Na+]. The molecule has 0 bridgehead atoms. The first-order valence-corrected chi connectivity index (χ1v) is 3.62. The van der Waals surface area contributed by atoms with Crippen molar-refractivity contribution in [2.45, 2.75) is 6.61 Å². The van der Waals surface area contributed by atoms with Gasteiger partial charge in [0.05, 0.1) is 0 Å². The van der Waals surface area contributed by atoms with Crippen LogP contribution in [0.25, 0.3) is 0 Å². The molecule has 14 heavy (non-hydrogen) atoms. The molecule has 0 fully saturated rings. The van der Waals surface area contributed by atoms with Crippen molar-refractivity contribution >= 4 is 11.9 Å². The molecule has 0 aliphatic carbocycles. The molecule has 1 aromatic rings. The number of ether oxygens (including phenoxy) is 1. The predicted molar refractivity (Wildman–Crippen MR) is 41.2 cm³/mol. The van der Waals surface area contributed by atoms with Crippen LogP contribution in [0.3, 0.4) is 0 Å². The maximum atomic E-state index is 10.4. The Balaban J connectivity index is 0.00000169. The van der Waals surface area contributed by atoms with Crippen LogP contribution in [0.1, 0.15) is 5.56 Å². The van der Waals surface area contributed by atoms with E-state index in [1.54, 1.807) is 24.3 Å². The fourth-order valence-corrected chi connectivity index (χ4v) is 0.782.